The molecule has 0 fully saturated rings. The Bertz CT molecular complexity index is 397. The number of nitrogens with zero attached hydrogens (tertiary/aromatic N) is 1. The number of hydrogen-bond acceptors (Lipinski definition) is 5. The molecule has 5 nitrogen and oxygen atoms in total. The number of pyridine rings is 1. The topological polar surface area (TPSA) is 63.2 Å². The fraction of sp³-hybridized carbons (Fsp3) is 0.333. The molecule has 0 amide bonds. The Balaban J connectivity index is 2.06. The average molecular weight is 272 g/mol. The van der Waals surface area contributed by atoms with Crippen LogP contribution in [0, 0.1) is 0 Å². The van der Waals surface area contributed by atoms with Gasteiger partial charge in [-0.05, 0) is 22.0 Å². The van der Waals surface area contributed by atoms with E-state index in [0.717, 1.165) is 16.0 Å². The lowest BCUT2D eigenvalue weighted by molar-refractivity contribution is -0.140. The van der Waals surface area contributed by atoms with Crippen molar-refractivity contribution in [2.75, 3.05) is 17.7 Å². The monoisotopic (exact) mass is 271 g/mol. The maximum absolute atomic E-state index is 11.1. The van der Waals surface area contributed by atoms with E-state index in [0.29, 0.717) is 0 Å². The Morgan fingerprint density at radius 3 is 3.20 bits per heavy atom. The van der Waals surface area contributed by atoms with E-state index in [-0.39, 0.29) is 18.6 Å². The summed E-state index contributed by atoms with van der Waals surface area (Å²) < 4.78 is 5.48. The number of anilines is 2. The van der Waals surface area contributed by atoms with Crippen LogP contribution in [0.2, 0.25) is 0 Å². The fourth-order valence-corrected chi connectivity index (χ4v) is 1.74. The number of halogens is 1. The van der Waals surface area contributed by atoms with Crippen LogP contribution in [0.25, 0.3) is 0 Å². The predicted octanol–water partition coefficient (Wildman–Crippen LogP) is 1.57. The minimum Gasteiger partial charge on any atom is -0.469 e. The molecule has 2 heterocycles. The number of nitrogens with one attached hydrogen (secondary N) is 2. The van der Waals surface area contributed by atoms with E-state index in [2.05, 4.69) is 36.3 Å². The number of aromatic nitrogens is 1. The highest BCUT2D eigenvalue weighted by molar-refractivity contribution is 9.10. The third-order valence-electron chi connectivity index (χ3n) is 2.09. The second-order valence-corrected chi connectivity index (χ2v) is 4.09. The van der Waals surface area contributed by atoms with Crippen molar-refractivity contribution in [1.82, 2.24) is 4.98 Å². The zero-order chi connectivity index (χ0) is 10.8. The molecule has 0 unspecified atom stereocenters. The van der Waals surface area contributed by atoms with E-state index in [4.69, 9.17) is 0 Å². The van der Waals surface area contributed by atoms with Crippen LogP contribution < -0.4 is 10.6 Å². The average Bonchev–Trinajstić information content (AvgIpc) is 2.59. The molecule has 80 valence electrons. The van der Waals surface area contributed by atoms with Crippen LogP contribution in [0.3, 0.4) is 0 Å². The number of carbonyl (C=O) groups is 1. The molecule has 0 aliphatic carbocycles. The summed E-state index contributed by atoms with van der Waals surface area (Å²) in [5.74, 6) is 0.499. The van der Waals surface area contributed by atoms with Gasteiger partial charge in [0, 0.05) is 10.7 Å². The van der Waals surface area contributed by atoms with Crippen LogP contribution in [0.4, 0.5) is 11.5 Å². The minimum atomic E-state index is -0.258. The minimum absolute atomic E-state index is 0.144. The largest absolute Gasteiger partial charge is 0.469 e. The molecule has 0 spiro atoms. The molecule has 0 radical (unpaired) electrons. The first kappa shape index (κ1) is 10.2. The third kappa shape index (κ3) is 2.20. The van der Waals surface area contributed by atoms with Crippen molar-refractivity contribution >= 4 is 33.4 Å². The summed E-state index contributed by atoms with van der Waals surface area (Å²) in [4.78, 5) is 15.2. The quantitative estimate of drug-likeness (QED) is 0.800. The van der Waals surface area contributed by atoms with Gasteiger partial charge in [0.05, 0.1) is 19.2 Å². The van der Waals surface area contributed by atoms with Gasteiger partial charge in [-0.25, -0.2) is 4.98 Å². The van der Waals surface area contributed by atoms with Crippen molar-refractivity contribution < 1.29 is 9.53 Å². The van der Waals surface area contributed by atoms with Crippen molar-refractivity contribution in [1.29, 1.82) is 0 Å². The van der Waals surface area contributed by atoms with Gasteiger partial charge in [-0.3, -0.25) is 4.79 Å². The maximum Gasteiger partial charge on any atom is 0.309 e. The van der Waals surface area contributed by atoms with Crippen molar-refractivity contribution in [2.24, 2.45) is 0 Å². The summed E-state index contributed by atoms with van der Waals surface area (Å²) in [5, 5.41) is 6.22. The van der Waals surface area contributed by atoms with Crippen molar-refractivity contribution in [3.8, 4) is 0 Å². The van der Waals surface area contributed by atoms with Crippen LogP contribution in [-0.4, -0.2) is 24.2 Å². The van der Waals surface area contributed by atoms with Gasteiger partial charge in [0.2, 0.25) is 0 Å². The van der Waals surface area contributed by atoms with Crippen LogP contribution in [0.15, 0.2) is 16.7 Å². The Morgan fingerprint density at radius 1 is 1.67 bits per heavy atom. The standard InChI is InChI=1S/C9H10BrN3O2/c1-15-8(14)3-7-12-6-2-5(10)4-11-9(6)13-7/h2,4,7,12H,3H2,1H3,(H,11,13)/t7-/m1/s1. The number of fused-ring (bicyclic) bond motifs is 1. The van der Waals surface area contributed by atoms with Crippen LogP contribution in [0.1, 0.15) is 6.42 Å². The molecular formula is C9H10BrN3O2. The van der Waals surface area contributed by atoms with Gasteiger partial charge in [-0.15, -0.1) is 0 Å². The number of carbonyl (C=O) groups excluding carboxylic acids is 1. The van der Waals surface area contributed by atoms with Gasteiger partial charge in [-0.2, -0.15) is 0 Å². The molecule has 2 rings (SSSR count). The smallest absolute Gasteiger partial charge is 0.309 e. The Morgan fingerprint density at radius 2 is 2.47 bits per heavy atom. The van der Waals surface area contributed by atoms with Gasteiger partial charge in [-0.1, -0.05) is 0 Å². The van der Waals surface area contributed by atoms with Crippen molar-refractivity contribution in [3.63, 3.8) is 0 Å². The molecule has 0 saturated heterocycles. The van der Waals surface area contributed by atoms with E-state index in [1.807, 2.05) is 6.07 Å². The van der Waals surface area contributed by atoms with Gasteiger partial charge in [0.25, 0.3) is 0 Å². The molecular weight excluding hydrogens is 262 g/mol. The number of esters is 1. The Hall–Kier alpha value is -1.30. The number of hydrogen-bond donors (Lipinski definition) is 2. The van der Waals surface area contributed by atoms with Crippen molar-refractivity contribution in [3.05, 3.63) is 16.7 Å². The highest BCUT2D eigenvalue weighted by Gasteiger charge is 2.23. The molecule has 0 aromatic carbocycles. The van der Waals surface area contributed by atoms with E-state index in [1.54, 1.807) is 6.20 Å². The van der Waals surface area contributed by atoms with E-state index in [9.17, 15) is 4.79 Å². The Labute approximate surface area is 95.3 Å². The molecule has 1 aromatic rings. The molecule has 2 N–H and O–H groups in total. The van der Waals surface area contributed by atoms with Gasteiger partial charge in [0.15, 0.2) is 5.82 Å². The molecule has 0 bridgehead atoms. The Kier molecular flexibility index (Phi) is 2.77. The molecule has 0 saturated carbocycles. The normalized spacial score (nSPS) is 17.6. The summed E-state index contributed by atoms with van der Waals surface area (Å²) in [6, 6.07) is 1.91. The van der Waals surface area contributed by atoms with Gasteiger partial charge in [0.1, 0.15) is 6.17 Å². The van der Waals surface area contributed by atoms with E-state index < -0.39 is 0 Å². The zero-order valence-corrected chi connectivity index (χ0v) is 9.67. The second-order valence-electron chi connectivity index (χ2n) is 3.17. The lowest BCUT2D eigenvalue weighted by Gasteiger charge is -2.09. The summed E-state index contributed by atoms with van der Waals surface area (Å²) in [6.45, 7) is 0. The van der Waals surface area contributed by atoms with Gasteiger partial charge >= 0.3 is 5.97 Å². The fourth-order valence-electron chi connectivity index (χ4n) is 1.41. The molecule has 1 atom stereocenters. The second kappa shape index (κ2) is 4.06. The summed E-state index contributed by atoms with van der Waals surface area (Å²) in [7, 11) is 1.37. The van der Waals surface area contributed by atoms with Crippen LogP contribution in [0.5, 0.6) is 0 Å². The number of ether oxygens (including phenoxy) is 1. The summed E-state index contributed by atoms with van der Waals surface area (Å²) in [6.07, 6.45) is 1.83. The molecule has 6 heteroatoms. The zero-order valence-electron chi connectivity index (χ0n) is 8.08. The number of rotatable bonds is 2. The third-order valence-corrected chi connectivity index (χ3v) is 2.53. The number of methoxy groups -OCH3 is 1. The van der Waals surface area contributed by atoms with E-state index >= 15 is 0 Å². The first-order valence-corrected chi connectivity index (χ1v) is 5.24. The molecule has 1 aliphatic heterocycles. The molecule has 1 aromatic heterocycles. The van der Waals surface area contributed by atoms with Crippen LogP contribution in [-0.2, 0) is 9.53 Å². The predicted molar refractivity (Wildman–Crippen MR) is 59.6 cm³/mol. The molecule has 1 aliphatic rings. The van der Waals surface area contributed by atoms with E-state index in [1.165, 1.54) is 7.11 Å². The van der Waals surface area contributed by atoms with Gasteiger partial charge < -0.3 is 15.4 Å². The SMILES string of the molecule is COC(=O)C[C@@H]1Nc2cc(Br)cnc2N1. The highest BCUT2D eigenvalue weighted by Crippen LogP contribution is 2.29. The lowest BCUT2D eigenvalue weighted by Crippen LogP contribution is -2.26. The summed E-state index contributed by atoms with van der Waals surface area (Å²) >= 11 is 3.33. The molecule has 15 heavy (non-hydrogen) atoms. The maximum atomic E-state index is 11.1. The first-order chi connectivity index (χ1) is 7.19. The summed E-state index contributed by atoms with van der Waals surface area (Å²) in [5.41, 5.74) is 0.887. The first-order valence-electron chi connectivity index (χ1n) is 4.44. The van der Waals surface area contributed by atoms with Crippen molar-refractivity contribution in [2.45, 2.75) is 12.6 Å². The van der Waals surface area contributed by atoms with Crippen LogP contribution >= 0.6 is 15.9 Å². The lowest BCUT2D eigenvalue weighted by atomic mass is 10.3. The highest BCUT2D eigenvalue weighted by atomic mass is 79.9.